The molecule has 0 aromatic heterocycles. The molecule has 0 spiro atoms. The lowest BCUT2D eigenvalue weighted by atomic mass is 10.0. The molecule has 0 unspecified atom stereocenters. The first kappa shape index (κ1) is 9.14. The second-order valence-electron chi connectivity index (χ2n) is 2.99. The van der Waals surface area contributed by atoms with Crippen LogP contribution < -0.4 is 0 Å². The van der Waals surface area contributed by atoms with Gasteiger partial charge >= 0.3 is 0 Å². The average molecular weight is 194 g/mol. The number of hydrogen-bond donors (Lipinski definition) is 0. The van der Waals surface area contributed by atoms with Crippen LogP contribution in [0.1, 0.15) is 5.56 Å². The van der Waals surface area contributed by atoms with Gasteiger partial charge in [-0.2, -0.15) is 10.3 Å². The number of carbonyl (C=O) groups excluding carboxylic acids is 1. The topological polar surface area (TPSA) is 53.2 Å². The molecule has 0 saturated carbocycles. The summed E-state index contributed by atoms with van der Waals surface area (Å²) in [4.78, 5) is 13.8. The number of aliphatic imine (C=N–C) groups is 1. The van der Waals surface area contributed by atoms with Crippen molar-refractivity contribution in [2.45, 2.75) is 0 Å². The van der Waals surface area contributed by atoms with Crippen molar-refractivity contribution in [2.24, 2.45) is 4.99 Å². The Kier molecular flexibility index (Phi) is 2.28. The van der Waals surface area contributed by atoms with Gasteiger partial charge in [0.05, 0.1) is 17.3 Å². The SMILES string of the molecule is N#Cc1cccc2c(N=C=O)cccc12. The summed E-state index contributed by atoms with van der Waals surface area (Å²) in [5.74, 6) is 0. The highest BCUT2D eigenvalue weighted by Crippen LogP contribution is 2.27. The van der Waals surface area contributed by atoms with Gasteiger partial charge in [0.15, 0.2) is 0 Å². The molecule has 0 heterocycles. The first-order chi connectivity index (χ1) is 7.36. The minimum atomic E-state index is 0.541. The standard InChI is InChI=1S/C12H6N2O/c13-7-9-3-1-5-11-10(9)4-2-6-12(11)14-8-15/h1-6H. The van der Waals surface area contributed by atoms with Crippen molar-refractivity contribution in [3.8, 4) is 6.07 Å². The summed E-state index contributed by atoms with van der Waals surface area (Å²) in [5, 5.41) is 10.5. The number of isocyanates is 1. The zero-order chi connectivity index (χ0) is 10.7. The maximum atomic E-state index is 10.2. The van der Waals surface area contributed by atoms with E-state index >= 15 is 0 Å². The molecule has 15 heavy (non-hydrogen) atoms. The van der Waals surface area contributed by atoms with Gasteiger partial charge in [-0.15, -0.1) is 0 Å². The van der Waals surface area contributed by atoms with E-state index in [2.05, 4.69) is 11.1 Å². The number of fused-ring (bicyclic) bond motifs is 1. The lowest BCUT2D eigenvalue weighted by Gasteiger charge is -2.01. The van der Waals surface area contributed by atoms with Crippen LogP contribution in [-0.2, 0) is 4.79 Å². The van der Waals surface area contributed by atoms with Crippen LogP contribution in [-0.4, -0.2) is 6.08 Å². The second kappa shape index (κ2) is 3.75. The second-order valence-corrected chi connectivity index (χ2v) is 2.99. The van der Waals surface area contributed by atoms with Crippen molar-refractivity contribution >= 4 is 22.5 Å². The largest absolute Gasteiger partial charge is 0.240 e. The zero-order valence-electron chi connectivity index (χ0n) is 7.77. The Hall–Kier alpha value is -2.43. The van der Waals surface area contributed by atoms with E-state index in [0.29, 0.717) is 11.3 Å². The van der Waals surface area contributed by atoms with E-state index in [1.807, 2.05) is 12.1 Å². The Morgan fingerprint density at radius 1 is 1.07 bits per heavy atom. The van der Waals surface area contributed by atoms with Gasteiger partial charge < -0.3 is 0 Å². The first-order valence-corrected chi connectivity index (χ1v) is 4.36. The highest BCUT2D eigenvalue weighted by Gasteiger charge is 2.02. The zero-order valence-corrected chi connectivity index (χ0v) is 7.77. The van der Waals surface area contributed by atoms with Crippen LogP contribution in [0, 0.1) is 11.3 Å². The Balaban J connectivity index is 2.89. The van der Waals surface area contributed by atoms with Crippen LogP contribution in [0.25, 0.3) is 10.8 Å². The smallest absolute Gasteiger partial charge is 0.211 e. The fourth-order valence-corrected chi connectivity index (χ4v) is 1.54. The summed E-state index contributed by atoms with van der Waals surface area (Å²) >= 11 is 0. The molecule has 0 N–H and O–H groups in total. The van der Waals surface area contributed by atoms with Gasteiger partial charge in [0.2, 0.25) is 6.08 Å². The summed E-state index contributed by atoms with van der Waals surface area (Å²) in [7, 11) is 0. The van der Waals surface area contributed by atoms with Crippen LogP contribution in [0.3, 0.4) is 0 Å². The highest BCUT2D eigenvalue weighted by molar-refractivity contribution is 5.96. The predicted octanol–water partition coefficient (Wildman–Crippen LogP) is 2.68. The maximum absolute atomic E-state index is 10.2. The Bertz CT molecular complexity index is 605. The number of benzene rings is 2. The molecular weight excluding hydrogens is 188 g/mol. The fraction of sp³-hybridized carbons (Fsp3) is 0. The highest BCUT2D eigenvalue weighted by atomic mass is 16.1. The van der Waals surface area contributed by atoms with Crippen molar-refractivity contribution in [1.82, 2.24) is 0 Å². The lowest BCUT2D eigenvalue weighted by Crippen LogP contribution is -1.79. The van der Waals surface area contributed by atoms with Crippen molar-refractivity contribution in [2.75, 3.05) is 0 Å². The number of rotatable bonds is 1. The Labute approximate surface area is 86.3 Å². The van der Waals surface area contributed by atoms with E-state index < -0.39 is 0 Å². The van der Waals surface area contributed by atoms with Gasteiger partial charge in [0.25, 0.3) is 0 Å². The molecule has 3 heteroatoms. The minimum Gasteiger partial charge on any atom is -0.211 e. The van der Waals surface area contributed by atoms with Gasteiger partial charge in [-0.05, 0) is 12.1 Å². The Morgan fingerprint density at radius 3 is 2.53 bits per heavy atom. The van der Waals surface area contributed by atoms with Crippen LogP contribution in [0.4, 0.5) is 5.69 Å². The van der Waals surface area contributed by atoms with E-state index in [1.54, 1.807) is 24.3 Å². The third-order valence-corrected chi connectivity index (χ3v) is 2.19. The van der Waals surface area contributed by atoms with E-state index in [9.17, 15) is 4.79 Å². The molecule has 2 aromatic rings. The Morgan fingerprint density at radius 2 is 1.80 bits per heavy atom. The van der Waals surface area contributed by atoms with E-state index in [-0.39, 0.29) is 0 Å². The van der Waals surface area contributed by atoms with Gasteiger partial charge in [0.1, 0.15) is 0 Å². The molecule has 0 aliphatic heterocycles. The van der Waals surface area contributed by atoms with Gasteiger partial charge in [-0.1, -0.05) is 24.3 Å². The summed E-state index contributed by atoms with van der Waals surface area (Å²) in [5.41, 5.74) is 1.12. The molecular formula is C12H6N2O. The molecule has 0 bridgehead atoms. The van der Waals surface area contributed by atoms with Gasteiger partial charge in [0, 0.05) is 10.8 Å². The lowest BCUT2D eigenvalue weighted by molar-refractivity contribution is 0.565. The number of hydrogen-bond acceptors (Lipinski definition) is 3. The molecule has 0 saturated heterocycles. The van der Waals surface area contributed by atoms with Gasteiger partial charge in [-0.3, -0.25) is 0 Å². The summed E-state index contributed by atoms with van der Waals surface area (Å²) < 4.78 is 0. The van der Waals surface area contributed by atoms with Gasteiger partial charge in [-0.25, -0.2) is 4.79 Å². The maximum Gasteiger partial charge on any atom is 0.240 e. The number of nitriles is 1. The minimum absolute atomic E-state index is 0.541. The van der Waals surface area contributed by atoms with Crippen LogP contribution in [0.2, 0.25) is 0 Å². The molecule has 0 atom stereocenters. The third-order valence-electron chi connectivity index (χ3n) is 2.19. The molecule has 0 amide bonds. The predicted molar refractivity (Wildman–Crippen MR) is 56.4 cm³/mol. The van der Waals surface area contributed by atoms with Crippen molar-refractivity contribution in [1.29, 1.82) is 5.26 Å². The molecule has 3 nitrogen and oxygen atoms in total. The van der Waals surface area contributed by atoms with Crippen molar-refractivity contribution < 1.29 is 4.79 Å². The molecule has 2 aromatic carbocycles. The van der Waals surface area contributed by atoms with Crippen molar-refractivity contribution in [3.63, 3.8) is 0 Å². The average Bonchev–Trinajstić information content (AvgIpc) is 2.29. The third kappa shape index (κ3) is 1.50. The quantitative estimate of drug-likeness (QED) is 0.517. The molecule has 0 radical (unpaired) electrons. The van der Waals surface area contributed by atoms with Crippen molar-refractivity contribution in [3.05, 3.63) is 42.0 Å². The summed E-state index contributed by atoms with van der Waals surface area (Å²) in [6.07, 6.45) is 1.51. The summed E-state index contributed by atoms with van der Waals surface area (Å²) in [6.45, 7) is 0. The van der Waals surface area contributed by atoms with Crippen LogP contribution >= 0.6 is 0 Å². The normalized spacial score (nSPS) is 9.27. The number of nitrogens with zero attached hydrogens (tertiary/aromatic N) is 2. The summed E-state index contributed by atoms with van der Waals surface area (Å²) in [6, 6.07) is 12.7. The molecule has 70 valence electrons. The van der Waals surface area contributed by atoms with Crippen LogP contribution in [0.15, 0.2) is 41.4 Å². The molecule has 2 rings (SSSR count). The molecule has 0 aliphatic carbocycles. The van der Waals surface area contributed by atoms with Crippen LogP contribution in [0.5, 0.6) is 0 Å². The molecule has 0 aliphatic rings. The molecule has 0 fully saturated rings. The van der Waals surface area contributed by atoms with E-state index in [0.717, 1.165) is 10.8 Å². The van der Waals surface area contributed by atoms with E-state index in [4.69, 9.17) is 5.26 Å². The first-order valence-electron chi connectivity index (χ1n) is 4.36. The fourth-order valence-electron chi connectivity index (χ4n) is 1.54. The monoisotopic (exact) mass is 194 g/mol. The van der Waals surface area contributed by atoms with E-state index in [1.165, 1.54) is 6.08 Å².